The van der Waals surface area contributed by atoms with Crippen molar-refractivity contribution in [1.29, 1.82) is 0 Å². The number of hydrogen-bond acceptors (Lipinski definition) is 4. The zero-order valence-corrected chi connectivity index (χ0v) is 8.86. The van der Waals surface area contributed by atoms with Gasteiger partial charge in [-0.1, -0.05) is 6.58 Å². The Labute approximate surface area is 81.8 Å². The SMILES string of the molecule is C=CC(=O)OCC(C)(C)OP(=O)(O)O. The maximum Gasteiger partial charge on any atom is 0.470 e. The molecule has 0 amide bonds. The zero-order valence-electron chi connectivity index (χ0n) is 7.97. The Balaban J connectivity index is 4.14. The van der Waals surface area contributed by atoms with E-state index in [0.717, 1.165) is 6.08 Å². The first-order chi connectivity index (χ1) is 6.16. The Morgan fingerprint density at radius 1 is 1.57 bits per heavy atom. The predicted octanol–water partition coefficient (Wildman–Crippen LogP) is 0.603. The lowest BCUT2D eigenvalue weighted by Crippen LogP contribution is -2.30. The molecule has 0 spiro atoms. The van der Waals surface area contributed by atoms with Crippen LogP contribution in [0.3, 0.4) is 0 Å². The molecule has 0 aliphatic rings. The lowest BCUT2D eigenvalue weighted by atomic mass is 10.2. The fourth-order valence-corrected chi connectivity index (χ4v) is 1.35. The second-order valence-corrected chi connectivity index (χ2v) is 4.32. The summed E-state index contributed by atoms with van der Waals surface area (Å²) in [5.74, 6) is -0.674. The van der Waals surface area contributed by atoms with Crippen LogP contribution in [0.4, 0.5) is 0 Å². The predicted molar refractivity (Wildman–Crippen MR) is 48.4 cm³/mol. The van der Waals surface area contributed by atoms with E-state index in [4.69, 9.17) is 9.79 Å². The largest absolute Gasteiger partial charge is 0.470 e. The van der Waals surface area contributed by atoms with Crippen LogP contribution in [0.15, 0.2) is 12.7 Å². The fourth-order valence-electron chi connectivity index (χ4n) is 0.652. The molecule has 0 bridgehead atoms. The van der Waals surface area contributed by atoms with E-state index in [1.54, 1.807) is 0 Å². The Hall–Kier alpha value is -0.680. The molecule has 0 rings (SSSR count). The van der Waals surface area contributed by atoms with Crippen molar-refractivity contribution in [2.75, 3.05) is 6.61 Å². The topological polar surface area (TPSA) is 93.1 Å². The molecule has 0 radical (unpaired) electrons. The molecule has 0 aromatic heterocycles. The summed E-state index contributed by atoms with van der Waals surface area (Å²) in [6, 6.07) is 0. The van der Waals surface area contributed by atoms with Crippen molar-refractivity contribution in [3.63, 3.8) is 0 Å². The minimum atomic E-state index is -4.57. The van der Waals surface area contributed by atoms with Gasteiger partial charge in [-0.3, -0.25) is 4.52 Å². The summed E-state index contributed by atoms with van der Waals surface area (Å²) in [5, 5.41) is 0. The molecule has 0 atom stereocenters. The summed E-state index contributed by atoms with van der Waals surface area (Å²) in [6.07, 6.45) is 0.952. The normalized spacial score (nSPS) is 12.3. The molecule has 0 unspecified atom stereocenters. The Morgan fingerprint density at radius 2 is 2.07 bits per heavy atom. The number of carbonyl (C=O) groups excluding carboxylic acids is 1. The summed E-state index contributed by atoms with van der Waals surface area (Å²) in [4.78, 5) is 27.6. The number of esters is 1. The lowest BCUT2D eigenvalue weighted by molar-refractivity contribution is -0.143. The van der Waals surface area contributed by atoms with Crippen LogP contribution in [-0.2, 0) is 18.6 Å². The lowest BCUT2D eigenvalue weighted by Gasteiger charge is -2.24. The van der Waals surface area contributed by atoms with Crippen molar-refractivity contribution in [3.8, 4) is 0 Å². The van der Waals surface area contributed by atoms with Gasteiger partial charge < -0.3 is 14.5 Å². The van der Waals surface area contributed by atoms with E-state index >= 15 is 0 Å². The molecule has 0 aliphatic carbocycles. The van der Waals surface area contributed by atoms with E-state index in [2.05, 4.69) is 15.8 Å². The Morgan fingerprint density at radius 3 is 2.43 bits per heavy atom. The standard InChI is InChI=1S/C7H13O6P/c1-4-6(8)12-5-7(2,3)13-14(9,10)11/h4H,1,5H2,2-3H3,(H2,9,10,11). The summed E-state index contributed by atoms with van der Waals surface area (Å²) in [5.41, 5.74) is -1.24. The summed E-state index contributed by atoms with van der Waals surface area (Å²) in [7, 11) is -4.57. The molecular weight excluding hydrogens is 211 g/mol. The number of carbonyl (C=O) groups is 1. The molecule has 0 saturated carbocycles. The van der Waals surface area contributed by atoms with E-state index in [-0.39, 0.29) is 6.61 Å². The van der Waals surface area contributed by atoms with Crippen LogP contribution in [0.25, 0.3) is 0 Å². The van der Waals surface area contributed by atoms with Crippen molar-refractivity contribution in [3.05, 3.63) is 12.7 Å². The minimum Gasteiger partial charge on any atom is -0.459 e. The molecule has 6 nitrogen and oxygen atoms in total. The molecule has 7 heteroatoms. The van der Waals surface area contributed by atoms with Crippen molar-refractivity contribution in [2.24, 2.45) is 0 Å². The van der Waals surface area contributed by atoms with Crippen LogP contribution in [0.5, 0.6) is 0 Å². The van der Waals surface area contributed by atoms with Crippen LogP contribution in [0.1, 0.15) is 13.8 Å². The van der Waals surface area contributed by atoms with Crippen LogP contribution in [0.2, 0.25) is 0 Å². The van der Waals surface area contributed by atoms with Gasteiger partial charge in [0.1, 0.15) is 12.2 Å². The van der Waals surface area contributed by atoms with E-state index in [0.29, 0.717) is 0 Å². The van der Waals surface area contributed by atoms with Crippen LogP contribution in [0, 0.1) is 0 Å². The number of ether oxygens (including phenoxy) is 1. The summed E-state index contributed by atoms with van der Waals surface area (Å²) < 4.78 is 19.4. The van der Waals surface area contributed by atoms with Crippen molar-refractivity contribution in [2.45, 2.75) is 19.4 Å². The molecule has 0 heterocycles. The number of phosphoric acid groups is 1. The first-order valence-corrected chi connectivity index (χ1v) is 5.25. The van der Waals surface area contributed by atoms with Gasteiger partial charge in [-0.2, -0.15) is 0 Å². The second-order valence-electron chi connectivity index (χ2n) is 3.15. The number of phosphoric ester groups is 1. The quantitative estimate of drug-likeness (QED) is 0.403. The molecule has 2 N–H and O–H groups in total. The van der Waals surface area contributed by atoms with Crippen molar-refractivity contribution < 1.29 is 28.4 Å². The van der Waals surface area contributed by atoms with Gasteiger partial charge in [0.05, 0.1) is 0 Å². The maximum absolute atomic E-state index is 10.6. The Kier molecular flexibility index (Phi) is 4.48. The minimum absolute atomic E-state index is 0.261. The highest BCUT2D eigenvalue weighted by Crippen LogP contribution is 2.41. The molecule has 0 fully saturated rings. The van der Waals surface area contributed by atoms with Crippen molar-refractivity contribution in [1.82, 2.24) is 0 Å². The molecule has 0 aromatic carbocycles. The van der Waals surface area contributed by atoms with E-state index in [1.165, 1.54) is 13.8 Å². The van der Waals surface area contributed by atoms with Gasteiger partial charge in [0.15, 0.2) is 0 Å². The highest BCUT2D eigenvalue weighted by Gasteiger charge is 2.30. The van der Waals surface area contributed by atoms with Crippen molar-refractivity contribution >= 4 is 13.8 Å². The molecular formula is C7H13O6P. The second kappa shape index (κ2) is 4.70. The molecule has 0 aliphatic heterocycles. The van der Waals surface area contributed by atoms with Gasteiger partial charge in [0.2, 0.25) is 0 Å². The molecule has 14 heavy (non-hydrogen) atoms. The zero-order chi connectivity index (χ0) is 11.4. The molecule has 0 saturated heterocycles. The third-order valence-electron chi connectivity index (χ3n) is 1.09. The Bertz CT molecular complexity index is 265. The van der Waals surface area contributed by atoms with Gasteiger partial charge in [-0.25, -0.2) is 9.36 Å². The van der Waals surface area contributed by atoms with Gasteiger partial charge in [-0.05, 0) is 13.8 Å². The van der Waals surface area contributed by atoms with Gasteiger partial charge in [0, 0.05) is 6.08 Å². The monoisotopic (exact) mass is 224 g/mol. The van der Waals surface area contributed by atoms with Crippen LogP contribution >= 0.6 is 7.82 Å². The van der Waals surface area contributed by atoms with E-state index < -0.39 is 19.4 Å². The first-order valence-electron chi connectivity index (χ1n) is 3.72. The number of rotatable bonds is 5. The van der Waals surface area contributed by atoms with E-state index in [9.17, 15) is 9.36 Å². The summed E-state index contributed by atoms with van der Waals surface area (Å²) >= 11 is 0. The highest BCUT2D eigenvalue weighted by atomic mass is 31.2. The molecule has 82 valence electrons. The maximum atomic E-state index is 10.6. The average molecular weight is 224 g/mol. The van der Waals surface area contributed by atoms with Crippen LogP contribution in [-0.4, -0.2) is 28.0 Å². The first kappa shape index (κ1) is 13.3. The third-order valence-corrected chi connectivity index (χ3v) is 1.83. The summed E-state index contributed by atoms with van der Waals surface area (Å²) in [6.45, 7) is 5.69. The van der Waals surface area contributed by atoms with Gasteiger partial charge in [0.25, 0.3) is 0 Å². The molecule has 0 aromatic rings. The van der Waals surface area contributed by atoms with Gasteiger partial charge >= 0.3 is 13.8 Å². The van der Waals surface area contributed by atoms with Crippen LogP contribution < -0.4 is 0 Å². The highest BCUT2D eigenvalue weighted by molar-refractivity contribution is 7.46. The average Bonchev–Trinajstić information content (AvgIpc) is 1.96. The smallest absolute Gasteiger partial charge is 0.459 e. The van der Waals surface area contributed by atoms with Gasteiger partial charge in [-0.15, -0.1) is 0 Å². The van der Waals surface area contributed by atoms with E-state index in [1.807, 2.05) is 0 Å². The third kappa shape index (κ3) is 6.80. The number of hydrogen-bond donors (Lipinski definition) is 2. The fraction of sp³-hybridized carbons (Fsp3) is 0.571.